The summed E-state index contributed by atoms with van der Waals surface area (Å²) in [7, 11) is 1.49. The van der Waals surface area contributed by atoms with Crippen LogP contribution in [0.1, 0.15) is 48.6 Å². The molecule has 3 fully saturated rings. The van der Waals surface area contributed by atoms with Gasteiger partial charge in [-0.2, -0.15) is 0 Å². The number of aliphatic carboxylic acids is 1. The van der Waals surface area contributed by atoms with Crippen molar-refractivity contribution in [2.24, 2.45) is 5.92 Å². The summed E-state index contributed by atoms with van der Waals surface area (Å²) in [6.45, 7) is 0.554. The number of anilines is 1. The van der Waals surface area contributed by atoms with E-state index in [2.05, 4.69) is 4.74 Å². The second-order valence-corrected chi connectivity index (χ2v) is 11.8. The Balaban J connectivity index is 1.33. The Morgan fingerprint density at radius 1 is 1.07 bits per heavy atom. The maximum Gasteiger partial charge on any atom is 0.573 e. The van der Waals surface area contributed by atoms with Gasteiger partial charge < -0.3 is 24.2 Å². The number of amides is 1. The van der Waals surface area contributed by atoms with Gasteiger partial charge in [0, 0.05) is 11.1 Å². The molecule has 2 aromatic carbocycles. The minimum absolute atomic E-state index is 0.0242. The fraction of sp³-hybridized carbons (Fsp3) is 0.406. The first-order valence-corrected chi connectivity index (χ1v) is 14.6. The molecule has 46 heavy (non-hydrogen) atoms. The number of carbonyl (C=O) groups is 2. The second-order valence-electron chi connectivity index (χ2n) is 11.8. The van der Waals surface area contributed by atoms with E-state index in [9.17, 15) is 36.6 Å². The van der Waals surface area contributed by atoms with E-state index in [0.717, 1.165) is 17.7 Å². The lowest BCUT2D eigenvalue weighted by Crippen LogP contribution is -2.56. The van der Waals surface area contributed by atoms with Crippen LogP contribution in [0.4, 0.5) is 32.6 Å². The quantitative estimate of drug-likeness (QED) is 0.254. The molecule has 2 atom stereocenters. The second kappa shape index (κ2) is 11.6. The number of cyclic esters (lactones) is 1. The molecule has 1 N–H and O–H groups in total. The van der Waals surface area contributed by atoms with Gasteiger partial charge >= 0.3 is 18.4 Å². The number of rotatable bonds is 9. The highest BCUT2D eigenvalue weighted by atomic mass is 19.4. The number of hydrogen-bond donors (Lipinski definition) is 1. The molecule has 0 spiro atoms. The minimum Gasteiger partial charge on any atom is -0.496 e. The Bertz CT molecular complexity index is 1650. The molecular weight excluding hydrogens is 617 g/mol. The number of carboxylic acids is 1. The van der Waals surface area contributed by atoms with Crippen molar-refractivity contribution in [3.05, 3.63) is 71.4 Å². The lowest BCUT2D eigenvalue weighted by Gasteiger charge is -2.39. The summed E-state index contributed by atoms with van der Waals surface area (Å²) in [5.41, 5.74) is 2.74. The van der Waals surface area contributed by atoms with Crippen LogP contribution in [0.15, 0.2) is 54.6 Å². The lowest BCUT2D eigenvalue weighted by molar-refractivity contribution is -0.274. The Morgan fingerprint density at radius 3 is 2.46 bits per heavy atom. The van der Waals surface area contributed by atoms with Gasteiger partial charge in [0.15, 0.2) is 0 Å². The molecule has 0 bridgehead atoms. The Kier molecular flexibility index (Phi) is 7.93. The van der Waals surface area contributed by atoms with E-state index < -0.39 is 61.3 Å². The van der Waals surface area contributed by atoms with E-state index in [1.165, 1.54) is 29.0 Å². The van der Waals surface area contributed by atoms with Crippen molar-refractivity contribution in [1.82, 2.24) is 9.88 Å². The van der Waals surface area contributed by atoms with Crippen LogP contribution in [0, 0.1) is 5.92 Å². The van der Waals surface area contributed by atoms with E-state index in [1.54, 1.807) is 25.1 Å². The molecule has 3 heterocycles. The van der Waals surface area contributed by atoms with E-state index in [1.807, 2.05) is 12.1 Å². The van der Waals surface area contributed by atoms with Gasteiger partial charge in [-0.1, -0.05) is 18.2 Å². The van der Waals surface area contributed by atoms with Crippen LogP contribution < -0.4 is 14.4 Å². The summed E-state index contributed by atoms with van der Waals surface area (Å²) in [5.74, 6) is -3.76. The molecule has 0 radical (unpaired) electrons. The average molecular weight is 648 g/mol. The summed E-state index contributed by atoms with van der Waals surface area (Å²) >= 11 is 0. The minimum atomic E-state index is -4.90. The average Bonchev–Trinajstić information content (AvgIpc) is 3.22. The van der Waals surface area contributed by atoms with Gasteiger partial charge in [0.2, 0.25) is 0 Å². The molecule has 0 unspecified atom stereocenters. The van der Waals surface area contributed by atoms with E-state index in [-0.39, 0.29) is 18.3 Å². The standard InChI is InChI=1S/C32H30F5N3O6/c1-17-28(19-4-3-5-22(12-19)46-32(35,36)37)45-30(43)40(17)14-25-23(7-9-27(38-25)39-15-31(33,34)16-39)24-13-18(6-8-26(24)44-2)20-10-21(11-20)29(41)42/h3-9,12-13,17,20-21,28H,10-11,14-16H2,1-2H3,(H,41,42)/t17-,20?,21?,28-/m0/s1. The summed E-state index contributed by atoms with van der Waals surface area (Å²) in [5, 5.41) is 9.33. The zero-order valence-electron chi connectivity index (χ0n) is 24.8. The molecule has 3 aliphatic rings. The molecule has 1 aromatic heterocycles. The molecule has 3 aromatic rings. The predicted octanol–water partition coefficient (Wildman–Crippen LogP) is 6.77. The van der Waals surface area contributed by atoms with Gasteiger partial charge in [0.05, 0.1) is 44.4 Å². The van der Waals surface area contributed by atoms with Crippen LogP contribution in [0.25, 0.3) is 11.1 Å². The summed E-state index contributed by atoms with van der Waals surface area (Å²) in [4.78, 5) is 32.1. The number of carbonyl (C=O) groups excluding carboxylic acids is 1. The number of methoxy groups -OCH3 is 1. The Hall–Kier alpha value is -4.62. The molecule has 6 rings (SSSR count). The lowest BCUT2D eigenvalue weighted by atomic mass is 9.71. The number of alkyl halides is 5. The fourth-order valence-electron chi connectivity index (χ4n) is 6.20. The van der Waals surface area contributed by atoms with Gasteiger partial charge in [-0.25, -0.2) is 18.6 Å². The molecule has 1 aliphatic carbocycles. The number of carboxylic acid groups (broad SMARTS) is 1. The van der Waals surface area contributed by atoms with Crippen molar-refractivity contribution < 1.29 is 50.9 Å². The van der Waals surface area contributed by atoms with Crippen LogP contribution in [0.3, 0.4) is 0 Å². The first kappa shape index (κ1) is 31.4. The predicted molar refractivity (Wildman–Crippen MR) is 154 cm³/mol. The SMILES string of the molecule is COc1ccc(C2CC(C(=O)O)C2)cc1-c1ccc(N2CC(F)(F)C2)nc1CN1C(=O)O[C@H](c2cccc(OC(F)(F)F)c2)[C@@H]1C. The first-order valence-electron chi connectivity index (χ1n) is 14.6. The largest absolute Gasteiger partial charge is 0.573 e. The van der Waals surface area contributed by atoms with Crippen LogP contribution in [-0.4, -0.2) is 65.6 Å². The number of aromatic nitrogens is 1. The van der Waals surface area contributed by atoms with Gasteiger partial charge in [-0.05, 0) is 73.2 Å². The molecular formula is C32H30F5N3O6. The highest BCUT2D eigenvalue weighted by molar-refractivity contribution is 5.77. The summed E-state index contributed by atoms with van der Waals surface area (Å²) in [6.07, 6.45) is -5.58. The zero-order valence-corrected chi connectivity index (χ0v) is 24.8. The summed E-state index contributed by atoms with van der Waals surface area (Å²) in [6, 6.07) is 13.4. The molecule has 2 saturated heterocycles. The van der Waals surface area contributed by atoms with Crippen molar-refractivity contribution in [2.45, 2.75) is 56.7 Å². The maximum absolute atomic E-state index is 13.7. The summed E-state index contributed by atoms with van der Waals surface area (Å²) < 4.78 is 81.2. The Morgan fingerprint density at radius 2 is 1.80 bits per heavy atom. The maximum atomic E-state index is 13.7. The number of pyridine rings is 1. The normalized spacial score (nSPS) is 23.8. The third kappa shape index (κ3) is 6.24. The Labute approximate surface area is 260 Å². The van der Waals surface area contributed by atoms with Gasteiger partial charge in [-0.15, -0.1) is 13.2 Å². The van der Waals surface area contributed by atoms with E-state index >= 15 is 0 Å². The topological polar surface area (TPSA) is 101 Å². The van der Waals surface area contributed by atoms with Crippen molar-refractivity contribution in [3.8, 4) is 22.6 Å². The van der Waals surface area contributed by atoms with Crippen LogP contribution in [-0.2, 0) is 16.1 Å². The van der Waals surface area contributed by atoms with Crippen LogP contribution >= 0.6 is 0 Å². The molecule has 1 amide bonds. The van der Waals surface area contributed by atoms with E-state index in [0.29, 0.717) is 41.0 Å². The number of halogens is 5. The monoisotopic (exact) mass is 647 g/mol. The fourth-order valence-corrected chi connectivity index (χ4v) is 6.20. The van der Waals surface area contributed by atoms with Crippen molar-refractivity contribution in [3.63, 3.8) is 0 Å². The number of ether oxygens (including phenoxy) is 3. The van der Waals surface area contributed by atoms with Crippen molar-refractivity contribution in [1.29, 1.82) is 0 Å². The van der Waals surface area contributed by atoms with Gasteiger partial charge in [0.1, 0.15) is 23.4 Å². The highest BCUT2D eigenvalue weighted by Gasteiger charge is 2.45. The number of nitrogens with zero attached hydrogens (tertiary/aromatic N) is 3. The van der Waals surface area contributed by atoms with Crippen molar-refractivity contribution >= 4 is 17.9 Å². The van der Waals surface area contributed by atoms with Gasteiger partial charge in [0.25, 0.3) is 5.92 Å². The molecule has 2 aliphatic heterocycles. The molecule has 9 nitrogen and oxygen atoms in total. The zero-order chi connectivity index (χ0) is 33.0. The number of benzene rings is 2. The highest BCUT2D eigenvalue weighted by Crippen LogP contribution is 2.45. The van der Waals surface area contributed by atoms with Crippen molar-refractivity contribution in [2.75, 3.05) is 25.1 Å². The third-order valence-electron chi connectivity index (χ3n) is 8.73. The van der Waals surface area contributed by atoms with E-state index in [4.69, 9.17) is 14.5 Å². The van der Waals surface area contributed by atoms with Gasteiger partial charge in [-0.3, -0.25) is 9.69 Å². The molecule has 14 heteroatoms. The third-order valence-corrected chi connectivity index (χ3v) is 8.73. The smallest absolute Gasteiger partial charge is 0.496 e. The van der Waals surface area contributed by atoms with Crippen LogP contribution in [0.5, 0.6) is 11.5 Å². The number of hydrogen-bond acceptors (Lipinski definition) is 7. The van der Waals surface area contributed by atoms with Crippen LogP contribution in [0.2, 0.25) is 0 Å². The molecule has 1 saturated carbocycles. The first-order chi connectivity index (χ1) is 21.7. The molecule has 244 valence electrons.